The number of benzene rings is 2. The summed E-state index contributed by atoms with van der Waals surface area (Å²) in [4.78, 5) is 0. The van der Waals surface area contributed by atoms with Crippen LogP contribution >= 0.6 is 0 Å². The molecule has 2 rings (SSSR count). The Labute approximate surface area is 114 Å². The lowest BCUT2D eigenvalue weighted by molar-refractivity contribution is -0.00340. The standard InChI is InChI=1S/C14H18O4Si/c1-15-11-18-19(16-2,17-3)14-10-6-8-12-7-4-5-9-13(12)14/h4-10H,11H2,1-3H3. The van der Waals surface area contributed by atoms with Crippen molar-refractivity contribution in [2.24, 2.45) is 0 Å². The Morgan fingerprint density at radius 1 is 0.895 bits per heavy atom. The van der Waals surface area contributed by atoms with Crippen molar-refractivity contribution in [2.75, 3.05) is 28.1 Å². The molecule has 0 atom stereocenters. The highest BCUT2D eigenvalue weighted by atomic mass is 28.4. The van der Waals surface area contributed by atoms with Crippen molar-refractivity contribution in [3.8, 4) is 0 Å². The van der Waals surface area contributed by atoms with E-state index < -0.39 is 8.80 Å². The van der Waals surface area contributed by atoms with Gasteiger partial charge in [-0.3, -0.25) is 0 Å². The minimum Gasteiger partial charge on any atom is -0.373 e. The molecule has 0 aromatic heterocycles. The summed E-state index contributed by atoms with van der Waals surface area (Å²) in [6.45, 7) is 0.136. The molecule has 0 N–H and O–H groups in total. The van der Waals surface area contributed by atoms with Crippen molar-refractivity contribution < 1.29 is 18.0 Å². The van der Waals surface area contributed by atoms with Gasteiger partial charge in [-0.2, -0.15) is 0 Å². The van der Waals surface area contributed by atoms with Gasteiger partial charge in [0.1, 0.15) is 6.79 Å². The van der Waals surface area contributed by atoms with E-state index in [1.165, 1.54) is 0 Å². The molecule has 2 aromatic rings. The first-order chi connectivity index (χ1) is 9.27. The van der Waals surface area contributed by atoms with Crippen molar-refractivity contribution in [3.05, 3.63) is 42.5 Å². The highest BCUT2D eigenvalue weighted by molar-refractivity contribution is 6.77. The van der Waals surface area contributed by atoms with Crippen LogP contribution in [0.4, 0.5) is 0 Å². The quantitative estimate of drug-likeness (QED) is 0.597. The zero-order valence-electron chi connectivity index (χ0n) is 11.4. The minimum absolute atomic E-state index is 0.136. The maximum absolute atomic E-state index is 5.74. The summed E-state index contributed by atoms with van der Waals surface area (Å²) >= 11 is 0. The second-order valence-electron chi connectivity index (χ2n) is 4.04. The molecule has 4 nitrogen and oxygen atoms in total. The van der Waals surface area contributed by atoms with E-state index in [9.17, 15) is 0 Å². The zero-order chi connectivity index (χ0) is 13.7. The second kappa shape index (κ2) is 6.27. The molecular weight excluding hydrogens is 260 g/mol. The topological polar surface area (TPSA) is 36.9 Å². The smallest absolute Gasteiger partial charge is 0.373 e. The predicted molar refractivity (Wildman–Crippen MR) is 76.3 cm³/mol. The van der Waals surface area contributed by atoms with Crippen LogP contribution in [0.1, 0.15) is 0 Å². The molecule has 0 aliphatic rings. The number of rotatable bonds is 6. The van der Waals surface area contributed by atoms with E-state index in [-0.39, 0.29) is 6.79 Å². The molecule has 0 amide bonds. The lowest BCUT2D eigenvalue weighted by Gasteiger charge is -2.27. The Morgan fingerprint density at radius 2 is 1.58 bits per heavy atom. The van der Waals surface area contributed by atoms with Crippen molar-refractivity contribution in [1.29, 1.82) is 0 Å². The molecule has 2 aromatic carbocycles. The first kappa shape index (κ1) is 14.2. The van der Waals surface area contributed by atoms with Crippen LogP contribution < -0.4 is 5.19 Å². The molecule has 0 aliphatic carbocycles. The number of fused-ring (bicyclic) bond motifs is 1. The Kier molecular flexibility index (Phi) is 4.68. The largest absolute Gasteiger partial charge is 0.539 e. The van der Waals surface area contributed by atoms with E-state index in [0.29, 0.717) is 0 Å². The van der Waals surface area contributed by atoms with Crippen LogP contribution in [0.2, 0.25) is 0 Å². The summed E-state index contributed by atoms with van der Waals surface area (Å²) in [6, 6.07) is 14.1. The third-order valence-corrected chi connectivity index (χ3v) is 5.69. The van der Waals surface area contributed by atoms with Crippen molar-refractivity contribution in [3.63, 3.8) is 0 Å². The molecule has 0 heterocycles. The maximum Gasteiger partial charge on any atom is 0.539 e. The van der Waals surface area contributed by atoms with Gasteiger partial charge in [-0.25, -0.2) is 0 Å². The van der Waals surface area contributed by atoms with Gasteiger partial charge in [0.15, 0.2) is 0 Å². The predicted octanol–water partition coefficient (Wildman–Crippen LogP) is 1.90. The van der Waals surface area contributed by atoms with E-state index in [1.54, 1.807) is 21.3 Å². The Balaban J connectivity index is 2.55. The van der Waals surface area contributed by atoms with Gasteiger partial charge in [-0.15, -0.1) is 0 Å². The molecule has 0 bridgehead atoms. The van der Waals surface area contributed by atoms with Crippen LogP contribution in [-0.2, 0) is 18.0 Å². The van der Waals surface area contributed by atoms with E-state index in [4.69, 9.17) is 18.0 Å². The third kappa shape index (κ3) is 2.70. The van der Waals surface area contributed by atoms with E-state index in [0.717, 1.165) is 16.0 Å². The number of methoxy groups -OCH3 is 1. The molecule has 0 radical (unpaired) electrons. The summed E-state index contributed by atoms with van der Waals surface area (Å²) in [6.07, 6.45) is 0. The van der Waals surface area contributed by atoms with Gasteiger partial charge in [0.25, 0.3) is 0 Å². The second-order valence-corrected chi connectivity index (χ2v) is 6.80. The fourth-order valence-corrected chi connectivity index (χ4v) is 4.26. The Morgan fingerprint density at radius 3 is 2.26 bits per heavy atom. The molecule has 0 saturated heterocycles. The van der Waals surface area contributed by atoms with Crippen molar-refractivity contribution in [2.45, 2.75) is 0 Å². The molecule has 0 spiro atoms. The van der Waals surface area contributed by atoms with Crippen molar-refractivity contribution >= 4 is 24.8 Å². The zero-order valence-corrected chi connectivity index (χ0v) is 12.4. The Bertz CT molecular complexity index is 534. The lowest BCUT2D eigenvalue weighted by atomic mass is 10.1. The molecular formula is C14H18O4Si. The van der Waals surface area contributed by atoms with Gasteiger partial charge in [0, 0.05) is 26.5 Å². The normalized spacial score (nSPS) is 11.9. The number of hydrogen-bond acceptors (Lipinski definition) is 4. The minimum atomic E-state index is -2.93. The highest BCUT2D eigenvalue weighted by Gasteiger charge is 2.43. The van der Waals surface area contributed by atoms with E-state index in [1.807, 2.05) is 30.3 Å². The molecule has 102 valence electrons. The van der Waals surface area contributed by atoms with Gasteiger partial charge < -0.3 is 18.0 Å². The number of hydrogen-bond donors (Lipinski definition) is 0. The summed E-state index contributed by atoms with van der Waals surface area (Å²) in [5.41, 5.74) is 0. The van der Waals surface area contributed by atoms with Crippen LogP contribution in [0.15, 0.2) is 42.5 Å². The lowest BCUT2D eigenvalue weighted by Crippen LogP contribution is -2.56. The molecule has 0 saturated carbocycles. The average Bonchev–Trinajstić information content (AvgIpc) is 2.49. The van der Waals surface area contributed by atoms with Gasteiger partial charge in [-0.1, -0.05) is 42.5 Å². The van der Waals surface area contributed by atoms with Crippen LogP contribution in [0.5, 0.6) is 0 Å². The molecule has 19 heavy (non-hydrogen) atoms. The fourth-order valence-electron chi connectivity index (χ4n) is 2.13. The van der Waals surface area contributed by atoms with Crippen molar-refractivity contribution in [1.82, 2.24) is 0 Å². The molecule has 0 fully saturated rings. The van der Waals surface area contributed by atoms with Crippen LogP contribution in [-0.4, -0.2) is 36.9 Å². The molecule has 5 heteroatoms. The van der Waals surface area contributed by atoms with Crippen LogP contribution in [0.25, 0.3) is 10.8 Å². The summed E-state index contributed by atoms with van der Waals surface area (Å²) in [7, 11) is 1.86. The average molecular weight is 278 g/mol. The highest BCUT2D eigenvalue weighted by Crippen LogP contribution is 2.17. The first-order valence-electron chi connectivity index (χ1n) is 5.99. The van der Waals surface area contributed by atoms with E-state index in [2.05, 4.69) is 12.1 Å². The van der Waals surface area contributed by atoms with Crippen LogP contribution in [0.3, 0.4) is 0 Å². The van der Waals surface area contributed by atoms with Gasteiger partial charge in [0.05, 0.1) is 0 Å². The third-order valence-electron chi connectivity index (χ3n) is 3.02. The number of ether oxygens (including phenoxy) is 1. The summed E-state index contributed by atoms with van der Waals surface area (Å²) in [5, 5.41) is 3.16. The fraction of sp³-hybridized carbons (Fsp3) is 0.286. The molecule has 0 unspecified atom stereocenters. The maximum atomic E-state index is 5.74. The van der Waals surface area contributed by atoms with Crippen LogP contribution in [0, 0.1) is 0 Å². The van der Waals surface area contributed by atoms with Gasteiger partial charge >= 0.3 is 8.80 Å². The van der Waals surface area contributed by atoms with Gasteiger partial charge in [0.2, 0.25) is 0 Å². The Hall–Kier alpha value is -1.24. The first-order valence-corrected chi connectivity index (χ1v) is 7.71. The summed E-state index contributed by atoms with van der Waals surface area (Å²) in [5.74, 6) is 0. The SMILES string of the molecule is COCO[Si](OC)(OC)c1cccc2ccccc12. The van der Waals surface area contributed by atoms with Gasteiger partial charge in [-0.05, 0) is 10.8 Å². The van der Waals surface area contributed by atoms with E-state index >= 15 is 0 Å². The summed E-state index contributed by atoms with van der Waals surface area (Å²) < 4.78 is 21.9. The molecule has 0 aliphatic heterocycles. The monoisotopic (exact) mass is 278 g/mol.